The van der Waals surface area contributed by atoms with Crippen LogP contribution in [-0.4, -0.2) is 40.4 Å². The molecule has 3 atom stereocenters. The Morgan fingerprint density at radius 3 is 2.78 bits per heavy atom. The monoisotopic (exact) mass is 320 g/mol. The van der Waals surface area contributed by atoms with E-state index < -0.39 is 29.7 Å². The zero-order valence-electron chi connectivity index (χ0n) is 12.6. The van der Waals surface area contributed by atoms with Crippen LogP contribution >= 0.6 is 0 Å². The molecule has 0 aromatic heterocycles. The van der Waals surface area contributed by atoms with Crippen LogP contribution in [0, 0.1) is 11.7 Å². The van der Waals surface area contributed by atoms with Gasteiger partial charge < -0.3 is 15.3 Å². The Morgan fingerprint density at radius 1 is 1.39 bits per heavy atom. The summed E-state index contributed by atoms with van der Waals surface area (Å²) in [5.41, 5.74) is 0.878. The third kappa shape index (κ3) is 2.67. The fraction of sp³-hybridized carbons (Fsp3) is 0.438. The Balaban J connectivity index is 1.89. The van der Waals surface area contributed by atoms with E-state index in [-0.39, 0.29) is 18.2 Å². The lowest BCUT2D eigenvalue weighted by Gasteiger charge is -2.31. The molecule has 0 spiro atoms. The van der Waals surface area contributed by atoms with Gasteiger partial charge in [-0.2, -0.15) is 0 Å². The number of nitrogens with one attached hydrogen (secondary N) is 1. The van der Waals surface area contributed by atoms with Crippen molar-refractivity contribution < 1.29 is 23.9 Å². The topological polar surface area (TPSA) is 86.7 Å². The smallest absolute Gasteiger partial charge is 0.308 e. The van der Waals surface area contributed by atoms with Gasteiger partial charge in [-0.15, -0.1) is 0 Å². The summed E-state index contributed by atoms with van der Waals surface area (Å²) in [6.45, 7) is 2.06. The Labute approximate surface area is 132 Å². The number of carboxylic acid groups (broad SMARTS) is 1. The minimum atomic E-state index is -0.920. The first-order valence-electron chi connectivity index (χ1n) is 7.51. The molecule has 0 saturated carbocycles. The number of hydrogen-bond acceptors (Lipinski definition) is 3. The second kappa shape index (κ2) is 5.64. The van der Waals surface area contributed by atoms with Gasteiger partial charge in [0.25, 0.3) is 0 Å². The van der Waals surface area contributed by atoms with Gasteiger partial charge in [0.1, 0.15) is 5.82 Å². The van der Waals surface area contributed by atoms with Crippen molar-refractivity contribution in [1.29, 1.82) is 0 Å². The van der Waals surface area contributed by atoms with Crippen molar-refractivity contribution in [2.24, 2.45) is 5.92 Å². The van der Waals surface area contributed by atoms with E-state index in [1.165, 1.54) is 23.1 Å². The fourth-order valence-corrected chi connectivity index (χ4v) is 3.44. The van der Waals surface area contributed by atoms with Gasteiger partial charge in [0.05, 0.1) is 11.8 Å². The van der Waals surface area contributed by atoms with E-state index in [1.54, 1.807) is 6.92 Å². The van der Waals surface area contributed by atoms with Crippen LogP contribution in [0.5, 0.6) is 0 Å². The van der Waals surface area contributed by atoms with Crippen LogP contribution in [0.15, 0.2) is 18.2 Å². The number of hydrogen-bond donors (Lipinski definition) is 2. The molecule has 0 aliphatic carbocycles. The van der Waals surface area contributed by atoms with Crippen molar-refractivity contribution in [3.63, 3.8) is 0 Å². The predicted octanol–water partition coefficient (Wildman–Crippen LogP) is 1.57. The zero-order chi connectivity index (χ0) is 16.7. The van der Waals surface area contributed by atoms with E-state index in [1.807, 2.05) is 0 Å². The van der Waals surface area contributed by atoms with E-state index in [9.17, 15) is 23.9 Å². The van der Waals surface area contributed by atoms with Crippen molar-refractivity contribution in [1.82, 2.24) is 4.90 Å². The Morgan fingerprint density at radius 2 is 2.13 bits per heavy atom. The van der Waals surface area contributed by atoms with Crippen LogP contribution in [0.25, 0.3) is 0 Å². The van der Waals surface area contributed by atoms with Crippen LogP contribution in [0.1, 0.15) is 31.2 Å². The number of fused-ring (bicyclic) bond motifs is 1. The fourth-order valence-electron chi connectivity index (χ4n) is 3.44. The maximum atomic E-state index is 13.3. The Kier molecular flexibility index (Phi) is 3.79. The second-order valence-electron chi connectivity index (χ2n) is 6.04. The largest absolute Gasteiger partial charge is 0.481 e. The maximum absolute atomic E-state index is 13.3. The molecule has 3 unspecified atom stereocenters. The number of amides is 2. The van der Waals surface area contributed by atoms with Crippen molar-refractivity contribution in [2.45, 2.75) is 31.7 Å². The SMILES string of the molecule is CC1C(C(=O)O)CCN1C(=O)C1CC(=O)Nc2cc(F)ccc21. The Hall–Kier alpha value is -2.44. The summed E-state index contributed by atoms with van der Waals surface area (Å²) in [5, 5.41) is 11.8. The van der Waals surface area contributed by atoms with E-state index >= 15 is 0 Å². The van der Waals surface area contributed by atoms with Gasteiger partial charge in [-0.1, -0.05) is 6.07 Å². The second-order valence-corrected chi connectivity index (χ2v) is 6.04. The molecule has 1 fully saturated rings. The quantitative estimate of drug-likeness (QED) is 0.866. The number of carbonyl (C=O) groups excluding carboxylic acids is 2. The summed E-state index contributed by atoms with van der Waals surface area (Å²) < 4.78 is 13.3. The van der Waals surface area contributed by atoms with Crippen molar-refractivity contribution in [2.75, 3.05) is 11.9 Å². The highest BCUT2D eigenvalue weighted by atomic mass is 19.1. The van der Waals surface area contributed by atoms with Gasteiger partial charge in [0, 0.05) is 24.7 Å². The summed E-state index contributed by atoms with van der Waals surface area (Å²) in [6.07, 6.45) is 0.385. The number of likely N-dealkylation sites (tertiary alicyclic amines) is 1. The molecule has 6 nitrogen and oxygen atoms in total. The number of carboxylic acids is 1. The summed E-state index contributed by atoms with van der Waals surface area (Å²) in [6, 6.07) is 3.53. The molecule has 0 radical (unpaired) electrons. The van der Waals surface area contributed by atoms with Gasteiger partial charge in [0.15, 0.2) is 0 Å². The van der Waals surface area contributed by atoms with Crippen LogP contribution < -0.4 is 5.32 Å². The maximum Gasteiger partial charge on any atom is 0.308 e. The van der Waals surface area contributed by atoms with Crippen LogP contribution in [0.3, 0.4) is 0 Å². The Bertz CT molecular complexity index is 691. The molecule has 1 aromatic rings. The number of nitrogens with zero attached hydrogens (tertiary/aromatic N) is 1. The number of rotatable bonds is 2. The summed E-state index contributed by atoms with van der Waals surface area (Å²) >= 11 is 0. The van der Waals surface area contributed by atoms with Gasteiger partial charge in [-0.3, -0.25) is 14.4 Å². The minimum absolute atomic E-state index is 0.0155. The molecular weight excluding hydrogens is 303 g/mol. The molecule has 23 heavy (non-hydrogen) atoms. The van der Waals surface area contributed by atoms with Crippen molar-refractivity contribution in [3.05, 3.63) is 29.6 Å². The number of halogens is 1. The first kappa shape index (κ1) is 15.5. The van der Waals surface area contributed by atoms with Crippen LogP contribution in [0.2, 0.25) is 0 Å². The molecule has 0 bridgehead atoms. The summed E-state index contributed by atoms with van der Waals surface area (Å²) in [4.78, 5) is 37.4. The predicted molar refractivity (Wildman–Crippen MR) is 79.3 cm³/mol. The van der Waals surface area contributed by atoms with Crippen LogP contribution in [0.4, 0.5) is 10.1 Å². The van der Waals surface area contributed by atoms with Gasteiger partial charge >= 0.3 is 5.97 Å². The zero-order valence-corrected chi connectivity index (χ0v) is 12.6. The number of anilines is 1. The third-order valence-corrected chi connectivity index (χ3v) is 4.71. The standard InChI is InChI=1S/C16H17FN2O4/c1-8-10(16(22)23)4-5-19(8)15(21)12-7-14(20)18-13-6-9(17)2-3-11(12)13/h2-3,6,8,10,12H,4-5,7H2,1H3,(H,18,20)(H,22,23). The molecule has 3 rings (SSSR count). The molecule has 2 N–H and O–H groups in total. The highest BCUT2D eigenvalue weighted by Gasteiger charge is 2.42. The van der Waals surface area contributed by atoms with Crippen molar-refractivity contribution >= 4 is 23.5 Å². The lowest BCUT2D eigenvalue weighted by Crippen LogP contribution is -2.42. The molecule has 2 aliphatic rings. The van der Waals surface area contributed by atoms with E-state index in [0.717, 1.165) is 0 Å². The highest BCUT2D eigenvalue weighted by Crippen LogP contribution is 2.36. The van der Waals surface area contributed by atoms with Gasteiger partial charge in [-0.25, -0.2) is 4.39 Å². The average Bonchev–Trinajstić information content (AvgIpc) is 2.87. The van der Waals surface area contributed by atoms with Gasteiger partial charge in [0.2, 0.25) is 11.8 Å². The average molecular weight is 320 g/mol. The lowest BCUT2D eigenvalue weighted by molar-refractivity contribution is -0.143. The number of aliphatic carboxylic acids is 1. The molecule has 1 saturated heterocycles. The molecule has 122 valence electrons. The summed E-state index contributed by atoms with van der Waals surface area (Å²) in [7, 11) is 0. The normalized spacial score (nSPS) is 26.6. The van der Waals surface area contributed by atoms with E-state index in [4.69, 9.17) is 0 Å². The number of carbonyl (C=O) groups is 3. The first-order chi connectivity index (χ1) is 10.9. The molecule has 1 aromatic carbocycles. The molecule has 7 heteroatoms. The number of benzene rings is 1. The highest BCUT2D eigenvalue weighted by molar-refractivity contribution is 6.01. The molecule has 2 aliphatic heterocycles. The molecular formula is C16H17FN2O4. The molecule has 2 heterocycles. The van der Waals surface area contributed by atoms with E-state index in [2.05, 4.69) is 5.32 Å². The molecule has 2 amide bonds. The lowest BCUT2D eigenvalue weighted by atomic mass is 9.89. The summed E-state index contributed by atoms with van der Waals surface area (Å²) in [5.74, 6) is -3.32. The minimum Gasteiger partial charge on any atom is -0.481 e. The first-order valence-corrected chi connectivity index (χ1v) is 7.51. The third-order valence-electron chi connectivity index (χ3n) is 4.71. The van der Waals surface area contributed by atoms with E-state index in [0.29, 0.717) is 24.2 Å². The van der Waals surface area contributed by atoms with Crippen molar-refractivity contribution in [3.8, 4) is 0 Å². The van der Waals surface area contributed by atoms with Gasteiger partial charge in [-0.05, 0) is 31.0 Å². The van der Waals surface area contributed by atoms with Crippen LogP contribution in [-0.2, 0) is 14.4 Å².